The normalized spacial score (nSPS) is 10.7. The third-order valence-corrected chi connectivity index (χ3v) is 5.09. The van der Waals surface area contributed by atoms with Crippen LogP contribution in [-0.2, 0) is 12.8 Å². The monoisotopic (exact) mass is 349 g/mol. The van der Waals surface area contributed by atoms with Gasteiger partial charge in [0.1, 0.15) is 16.5 Å². The van der Waals surface area contributed by atoms with Crippen molar-refractivity contribution in [2.45, 2.75) is 10.9 Å². The van der Waals surface area contributed by atoms with E-state index in [-0.39, 0.29) is 0 Å². The molecule has 9 heteroatoms. The van der Waals surface area contributed by atoms with Gasteiger partial charge in [-0.3, -0.25) is 0 Å². The van der Waals surface area contributed by atoms with Crippen LogP contribution in [0.5, 0.6) is 11.5 Å². The van der Waals surface area contributed by atoms with Gasteiger partial charge in [0, 0.05) is 24.2 Å². The lowest BCUT2D eigenvalue weighted by Crippen LogP contribution is -1.93. The maximum Gasteiger partial charge on any atom is 0.209 e. The maximum absolute atomic E-state index is 5.44. The van der Waals surface area contributed by atoms with Crippen molar-refractivity contribution in [1.82, 2.24) is 25.2 Å². The summed E-state index contributed by atoms with van der Waals surface area (Å²) < 4.78 is 12.3. The molecule has 120 valence electrons. The van der Waals surface area contributed by atoms with E-state index in [0.717, 1.165) is 32.9 Å². The minimum absolute atomic E-state index is 0.711. The molecule has 2 heterocycles. The summed E-state index contributed by atoms with van der Waals surface area (Å²) in [4.78, 5) is 4.67. The van der Waals surface area contributed by atoms with Crippen LogP contribution < -0.4 is 9.47 Å². The molecular formula is C14H15N5O2S2. The lowest BCUT2D eigenvalue weighted by molar-refractivity contribution is 0.395. The molecule has 0 fully saturated rings. The van der Waals surface area contributed by atoms with Crippen molar-refractivity contribution in [3.8, 4) is 22.1 Å². The fraction of sp³-hybridized carbons (Fsp3) is 0.286. The van der Waals surface area contributed by atoms with E-state index in [1.54, 1.807) is 42.0 Å². The number of thioether (sulfide) groups is 1. The first kappa shape index (κ1) is 15.8. The number of aromatic nitrogens is 5. The second-order valence-electron chi connectivity index (χ2n) is 4.58. The van der Waals surface area contributed by atoms with Crippen LogP contribution in [0.25, 0.3) is 10.6 Å². The van der Waals surface area contributed by atoms with Crippen molar-refractivity contribution in [2.24, 2.45) is 7.05 Å². The molecule has 2 aromatic heterocycles. The summed E-state index contributed by atoms with van der Waals surface area (Å²) in [7, 11) is 5.09. The molecule has 7 nitrogen and oxygen atoms in total. The van der Waals surface area contributed by atoms with Crippen molar-refractivity contribution < 1.29 is 9.47 Å². The lowest BCUT2D eigenvalue weighted by Gasteiger charge is -2.08. The highest BCUT2D eigenvalue weighted by molar-refractivity contribution is 7.98. The number of tetrazole rings is 1. The number of methoxy groups -OCH3 is 2. The first-order chi connectivity index (χ1) is 11.2. The van der Waals surface area contributed by atoms with Gasteiger partial charge < -0.3 is 9.47 Å². The van der Waals surface area contributed by atoms with Gasteiger partial charge in [0.25, 0.3) is 0 Å². The molecule has 0 aliphatic heterocycles. The van der Waals surface area contributed by atoms with Crippen molar-refractivity contribution >= 4 is 23.1 Å². The fourth-order valence-corrected chi connectivity index (χ4v) is 3.65. The van der Waals surface area contributed by atoms with Gasteiger partial charge in [-0.1, -0.05) is 11.8 Å². The van der Waals surface area contributed by atoms with E-state index < -0.39 is 0 Å². The van der Waals surface area contributed by atoms with Crippen LogP contribution >= 0.6 is 23.1 Å². The number of aryl methyl sites for hydroxylation is 1. The Balaban J connectivity index is 1.78. The first-order valence-electron chi connectivity index (χ1n) is 6.73. The quantitative estimate of drug-likeness (QED) is 0.633. The Morgan fingerprint density at radius 2 is 2.13 bits per heavy atom. The molecule has 0 aliphatic carbocycles. The topological polar surface area (TPSA) is 75.0 Å². The van der Waals surface area contributed by atoms with Crippen molar-refractivity contribution in [3.63, 3.8) is 0 Å². The molecule has 0 atom stereocenters. The lowest BCUT2D eigenvalue weighted by atomic mass is 10.2. The van der Waals surface area contributed by atoms with Crippen LogP contribution in [0.3, 0.4) is 0 Å². The molecule has 1 aromatic carbocycles. The van der Waals surface area contributed by atoms with Crippen LogP contribution in [0.4, 0.5) is 0 Å². The molecule has 0 saturated heterocycles. The van der Waals surface area contributed by atoms with Gasteiger partial charge in [-0.15, -0.1) is 16.4 Å². The molecule has 0 radical (unpaired) electrons. The molecule has 3 aromatic rings. The highest BCUT2D eigenvalue weighted by Gasteiger charge is 2.12. The molecule has 0 bridgehead atoms. The Labute approximate surface area is 141 Å². The smallest absolute Gasteiger partial charge is 0.209 e. The Bertz CT molecular complexity index is 802. The standard InChI is InChI=1S/C14H15N5O2S2/c1-19-14(16-17-18-19)23-8-9-7-22-13(15-9)11-5-4-10(20-2)6-12(11)21-3/h4-7H,8H2,1-3H3. The molecule has 0 unspecified atom stereocenters. The Morgan fingerprint density at radius 3 is 2.83 bits per heavy atom. The highest BCUT2D eigenvalue weighted by atomic mass is 32.2. The van der Waals surface area contributed by atoms with Gasteiger partial charge in [-0.2, -0.15) is 0 Å². The summed E-state index contributed by atoms with van der Waals surface area (Å²) >= 11 is 3.13. The van der Waals surface area contributed by atoms with E-state index in [2.05, 4.69) is 20.5 Å². The van der Waals surface area contributed by atoms with E-state index in [0.29, 0.717) is 5.75 Å². The number of rotatable bonds is 6. The number of hydrogen-bond donors (Lipinski definition) is 0. The third kappa shape index (κ3) is 3.45. The van der Waals surface area contributed by atoms with E-state index in [9.17, 15) is 0 Å². The molecule has 23 heavy (non-hydrogen) atoms. The third-order valence-electron chi connectivity index (χ3n) is 3.12. The number of nitrogens with zero attached hydrogens (tertiary/aromatic N) is 5. The predicted octanol–water partition coefficient (Wildman–Crippen LogP) is 2.64. The number of benzene rings is 1. The SMILES string of the molecule is COc1ccc(-c2nc(CSc3nnnn3C)cs2)c(OC)c1. The van der Waals surface area contributed by atoms with Crippen molar-refractivity contribution in [1.29, 1.82) is 0 Å². The first-order valence-corrected chi connectivity index (χ1v) is 8.59. The zero-order valence-electron chi connectivity index (χ0n) is 12.9. The zero-order chi connectivity index (χ0) is 16.2. The minimum Gasteiger partial charge on any atom is -0.497 e. The highest BCUT2D eigenvalue weighted by Crippen LogP contribution is 2.35. The number of hydrogen-bond acceptors (Lipinski definition) is 8. The van der Waals surface area contributed by atoms with E-state index in [4.69, 9.17) is 9.47 Å². The van der Waals surface area contributed by atoms with E-state index >= 15 is 0 Å². The summed E-state index contributed by atoms with van der Waals surface area (Å²) in [6.07, 6.45) is 0. The molecule has 0 amide bonds. The molecule has 3 rings (SSSR count). The van der Waals surface area contributed by atoms with Gasteiger partial charge in [0.2, 0.25) is 5.16 Å². The fourth-order valence-electron chi connectivity index (χ4n) is 1.95. The molecular weight excluding hydrogens is 334 g/mol. The van der Waals surface area contributed by atoms with Crippen LogP contribution in [-0.4, -0.2) is 39.4 Å². The average Bonchev–Trinajstić information content (AvgIpc) is 3.21. The maximum atomic E-state index is 5.44. The minimum atomic E-state index is 0.711. The Kier molecular flexibility index (Phi) is 4.77. The van der Waals surface area contributed by atoms with Crippen LogP contribution in [0.1, 0.15) is 5.69 Å². The largest absolute Gasteiger partial charge is 0.497 e. The average molecular weight is 349 g/mol. The molecule has 0 aliphatic rings. The second-order valence-corrected chi connectivity index (χ2v) is 6.38. The summed E-state index contributed by atoms with van der Waals surface area (Å²) in [5, 5.41) is 15.1. The van der Waals surface area contributed by atoms with Gasteiger partial charge in [-0.05, 0) is 22.6 Å². The van der Waals surface area contributed by atoms with Gasteiger partial charge in [0.05, 0.1) is 25.5 Å². The van der Waals surface area contributed by atoms with Crippen LogP contribution in [0, 0.1) is 0 Å². The summed E-state index contributed by atoms with van der Waals surface area (Å²) in [5.41, 5.74) is 1.94. The number of ether oxygens (including phenoxy) is 2. The van der Waals surface area contributed by atoms with Gasteiger partial charge >= 0.3 is 0 Å². The van der Waals surface area contributed by atoms with Crippen molar-refractivity contribution in [2.75, 3.05) is 14.2 Å². The van der Waals surface area contributed by atoms with Gasteiger partial charge in [-0.25, -0.2) is 9.67 Å². The summed E-state index contributed by atoms with van der Waals surface area (Å²) in [5.74, 6) is 2.21. The van der Waals surface area contributed by atoms with Crippen molar-refractivity contribution in [3.05, 3.63) is 29.3 Å². The van der Waals surface area contributed by atoms with Crippen LogP contribution in [0.2, 0.25) is 0 Å². The van der Waals surface area contributed by atoms with E-state index in [1.807, 2.05) is 30.6 Å². The number of thiazole rings is 1. The Hall–Kier alpha value is -2.13. The summed E-state index contributed by atoms with van der Waals surface area (Å²) in [6.45, 7) is 0. The molecule has 0 saturated carbocycles. The van der Waals surface area contributed by atoms with Gasteiger partial charge in [0.15, 0.2) is 0 Å². The second kappa shape index (κ2) is 6.97. The Morgan fingerprint density at radius 1 is 1.26 bits per heavy atom. The molecule has 0 spiro atoms. The summed E-state index contributed by atoms with van der Waals surface area (Å²) in [6, 6.07) is 5.72. The van der Waals surface area contributed by atoms with E-state index in [1.165, 1.54) is 0 Å². The van der Waals surface area contributed by atoms with Crippen LogP contribution in [0.15, 0.2) is 28.7 Å². The zero-order valence-corrected chi connectivity index (χ0v) is 14.5. The molecule has 0 N–H and O–H groups in total. The predicted molar refractivity (Wildman–Crippen MR) is 89.0 cm³/mol.